The van der Waals surface area contributed by atoms with Gasteiger partial charge in [-0.1, -0.05) is 32.0 Å². The molecule has 0 radical (unpaired) electrons. The summed E-state index contributed by atoms with van der Waals surface area (Å²) in [6, 6.07) is 12.7. The molecule has 1 spiro atoms. The second-order valence-electron chi connectivity index (χ2n) is 8.73. The van der Waals surface area contributed by atoms with E-state index in [9.17, 15) is 14.9 Å². The molecule has 0 N–H and O–H groups in total. The summed E-state index contributed by atoms with van der Waals surface area (Å²) in [5.74, 6) is 0.154. The summed E-state index contributed by atoms with van der Waals surface area (Å²) >= 11 is 0. The van der Waals surface area contributed by atoms with Gasteiger partial charge in [0.05, 0.1) is 22.8 Å². The van der Waals surface area contributed by atoms with E-state index in [4.69, 9.17) is 9.47 Å². The van der Waals surface area contributed by atoms with Gasteiger partial charge < -0.3 is 14.4 Å². The zero-order chi connectivity index (χ0) is 22.4. The van der Waals surface area contributed by atoms with E-state index >= 15 is 0 Å². The maximum absolute atomic E-state index is 12.0. The van der Waals surface area contributed by atoms with Crippen molar-refractivity contribution in [3.05, 3.63) is 69.8 Å². The van der Waals surface area contributed by atoms with Crippen LogP contribution in [0.4, 0.5) is 11.4 Å². The molecule has 2 aliphatic heterocycles. The summed E-state index contributed by atoms with van der Waals surface area (Å²) in [5.41, 5.74) is 1.54. The van der Waals surface area contributed by atoms with E-state index in [0.717, 1.165) is 11.3 Å². The quantitative estimate of drug-likeness (QED) is 0.395. The van der Waals surface area contributed by atoms with E-state index in [1.54, 1.807) is 19.9 Å². The van der Waals surface area contributed by atoms with Crippen molar-refractivity contribution in [1.82, 2.24) is 0 Å². The molecule has 0 aromatic heterocycles. The predicted molar refractivity (Wildman–Crippen MR) is 118 cm³/mol. The number of carbonyl (C=O) groups excluding carboxylic acids is 1. The average Bonchev–Trinajstić information content (AvgIpc) is 2.92. The fourth-order valence-electron chi connectivity index (χ4n) is 4.40. The number of non-ortho nitro benzene ring substituents is 1. The van der Waals surface area contributed by atoms with E-state index in [1.165, 1.54) is 12.1 Å². The van der Waals surface area contributed by atoms with E-state index < -0.39 is 16.1 Å². The van der Waals surface area contributed by atoms with Crippen molar-refractivity contribution in [2.45, 2.75) is 38.8 Å². The standard InChI is InChI=1S/C24H26N2O5/c1-16(2)22(27)30-14-13-25-20-8-6-5-7-19(20)23(3,4)24(25)12-11-17-15-18(26(28)29)9-10-21(17)31-24/h5-12,15-16H,13-14H2,1-4H3/t24-/m1/s1. The van der Waals surface area contributed by atoms with Crippen molar-refractivity contribution in [2.24, 2.45) is 5.92 Å². The molecular formula is C24H26N2O5. The first kappa shape index (κ1) is 20.9. The number of esters is 1. The Morgan fingerprint density at radius 3 is 2.68 bits per heavy atom. The molecule has 2 aromatic rings. The highest BCUT2D eigenvalue weighted by atomic mass is 16.6. The Balaban J connectivity index is 1.73. The highest BCUT2D eigenvalue weighted by molar-refractivity contribution is 5.74. The van der Waals surface area contributed by atoms with E-state index in [0.29, 0.717) is 17.9 Å². The maximum Gasteiger partial charge on any atom is 0.308 e. The summed E-state index contributed by atoms with van der Waals surface area (Å²) in [6.45, 7) is 8.53. The number of fused-ring (bicyclic) bond motifs is 2. The van der Waals surface area contributed by atoms with Gasteiger partial charge in [-0.25, -0.2) is 0 Å². The minimum absolute atomic E-state index is 0.0226. The summed E-state index contributed by atoms with van der Waals surface area (Å²) in [6.07, 6.45) is 3.84. The van der Waals surface area contributed by atoms with Gasteiger partial charge >= 0.3 is 5.97 Å². The first-order valence-corrected chi connectivity index (χ1v) is 10.4. The fourth-order valence-corrected chi connectivity index (χ4v) is 4.40. The van der Waals surface area contributed by atoms with Crippen LogP contribution in [0.5, 0.6) is 5.75 Å². The van der Waals surface area contributed by atoms with Crippen molar-refractivity contribution in [3.8, 4) is 5.75 Å². The number of nitro benzene ring substituents is 1. The van der Waals surface area contributed by atoms with Crippen LogP contribution in [0.25, 0.3) is 6.08 Å². The largest absolute Gasteiger partial charge is 0.464 e. The topological polar surface area (TPSA) is 81.9 Å². The van der Waals surface area contributed by atoms with Crippen molar-refractivity contribution in [3.63, 3.8) is 0 Å². The molecule has 7 nitrogen and oxygen atoms in total. The first-order chi connectivity index (χ1) is 14.7. The number of para-hydroxylation sites is 1. The molecule has 0 fully saturated rings. The van der Waals surface area contributed by atoms with Crippen molar-refractivity contribution in [2.75, 3.05) is 18.1 Å². The summed E-state index contributed by atoms with van der Waals surface area (Å²) in [4.78, 5) is 24.8. The van der Waals surface area contributed by atoms with Crippen LogP contribution >= 0.6 is 0 Å². The van der Waals surface area contributed by atoms with Gasteiger partial charge in [0.15, 0.2) is 0 Å². The lowest BCUT2D eigenvalue weighted by atomic mass is 9.76. The summed E-state index contributed by atoms with van der Waals surface area (Å²) < 4.78 is 12.1. The van der Waals surface area contributed by atoms with Crippen LogP contribution in [0.2, 0.25) is 0 Å². The number of rotatable bonds is 5. The molecule has 31 heavy (non-hydrogen) atoms. The number of hydrogen-bond donors (Lipinski definition) is 0. The lowest BCUT2D eigenvalue weighted by Crippen LogP contribution is -2.60. The highest BCUT2D eigenvalue weighted by Gasteiger charge is 2.58. The van der Waals surface area contributed by atoms with E-state index in [1.807, 2.05) is 30.4 Å². The van der Waals surface area contributed by atoms with Gasteiger partial charge in [-0.2, -0.15) is 0 Å². The number of anilines is 1. The average molecular weight is 422 g/mol. The molecule has 4 rings (SSSR count). The van der Waals surface area contributed by atoms with Gasteiger partial charge in [0, 0.05) is 23.4 Å². The third-order valence-electron chi connectivity index (χ3n) is 6.15. The van der Waals surface area contributed by atoms with Gasteiger partial charge in [-0.3, -0.25) is 14.9 Å². The Labute approximate surface area is 181 Å². The van der Waals surface area contributed by atoms with Gasteiger partial charge in [0.1, 0.15) is 12.4 Å². The normalized spacial score (nSPS) is 20.4. The van der Waals surface area contributed by atoms with Gasteiger partial charge in [0.25, 0.3) is 5.69 Å². The monoisotopic (exact) mass is 422 g/mol. The predicted octanol–water partition coefficient (Wildman–Crippen LogP) is 4.69. The maximum atomic E-state index is 12.0. The van der Waals surface area contributed by atoms with Crippen LogP contribution in [0.1, 0.15) is 38.8 Å². The minimum atomic E-state index is -0.857. The molecule has 162 valence electrons. The second kappa shape index (κ2) is 7.41. The Hall–Kier alpha value is -3.35. The third-order valence-corrected chi connectivity index (χ3v) is 6.15. The number of nitrogens with zero attached hydrogens (tertiary/aromatic N) is 2. The second-order valence-corrected chi connectivity index (χ2v) is 8.73. The van der Waals surface area contributed by atoms with Crippen molar-refractivity contribution in [1.29, 1.82) is 0 Å². The van der Waals surface area contributed by atoms with E-state index in [2.05, 4.69) is 24.8 Å². The van der Waals surface area contributed by atoms with Gasteiger partial charge in [-0.05, 0) is 43.7 Å². The number of carbonyl (C=O) groups is 1. The first-order valence-electron chi connectivity index (χ1n) is 10.4. The molecule has 2 aromatic carbocycles. The zero-order valence-corrected chi connectivity index (χ0v) is 18.1. The summed E-state index contributed by atoms with van der Waals surface area (Å²) in [7, 11) is 0. The number of hydrogen-bond acceptors (Lipinski definition) is 6. The molecule has 7 heteroatoms. The Kier molecular flexibility index (Phi) is 5.00. The molecule has 0 saturated heterocycles. The van der Waals surface area contributed by atoms with Crippen molar-refractivity contribution >= 4 is 23.4 Å². The molecule has 0 saturated carbocycles. The molecule has 0 unspecified atom stereocenters. The van der Waals surface area contributed by atoms with Crippen LogP contribution in [0.15, 0.2) is 48.5 Å². The highest BCUT2D eigenvalue weighted by Crippen LogP contribution is 2.54. The number of nitro groups is 1. The van der Waals surface area contributed by atoms with Crippen molar-refractivity contribution < 1.29 is 19.2 Å². The van der Waals surface area contributed by atoms with Crippen LogP contribution in [0.3, 0.4) is 0 Å². The third kappa shape index (κ3) is 3.24. The number of benzene rings is 2. The SMILES string of the molecule is CC(C)C(=O)OCCN1c2ccccc2C(C)(C)[C@]12C=Cc1cc([N+](=O)[O-])ccc1O2. The van der Waals surface area contributed by atoms with Crippen LogP contribution in [-0.4, -0.2) is 29.8 Å². The smallest absolute Gasteiger partial charge is 0.308 e. The van der Waals surface area contributed by atoms with Crippen LogP contribution in [0, 0.1) is 16.0 Å². The number of ether oxygens (including phenoxy) is 2. The minimum Gasteiger partial charge on any atom is -0.464 e. The molecule has 2 heterocycles. The molecule has 1 atom stereocenters. The van der Waals surface area contributed by atoms with Crippen LogP contribution in [-0.2, 0) is 14.9 Å². The van der Waals surface area contributed by atoms with Crippen LogP contribution < -0.4 is 9.64 Å². The van der Waals surface area contributed by atoms with Gasteiger partial charge in [-0.15, -0.1) is 0 Å². The van der Waals surface area contributed by atoms with Gasteiger partial charge in [0.2, 0.25) is 5.72 Å². The lowest BCUT2D eigenvalue weighted by molar-refractivity contribution is -0.384. The molecule has 2 aliphatic rings. The Bertz CT molecular complexity index is 1080. The van der Waals surface area contributed by atoms with E-state index in [-0.39, 0.29) is 24.2 Å². The molecule has 0 amide bonds. The lowest BCUT2D eigenvalue weighted by Gasteiger charge is -2.47. The fraction of sp³-hybridized carbons (Fsp3) is 0.375. The zero-order valence-electron chi connectivity index (χ0n) is 18.1. The Morgan fingerprint density at radius 2 is 1.97 bits per heavy atom. The summed E-state index contributed by atoms with van der Waals surface area (Å²) in [5, 5.41) is 11.2. The molecular weight excluding hydrogens is 396 g/mol. The molecule has 0 aliphatic carbocycles. The Morgan fingerprint density at radius 1 is 1.23 bits per heavy atom. The molecule has 0 bridgehead atoms.